The molecule has 0 aliphatic heterocycles. The lowest BCUT2D eigenvalue weighted by molar-refractivity contribution is -0.121. The fraction of sp³-hybridized carbons (Fsp3) is 0.600. The van der Waals surface area contributed by atoms with Gasteiger partial charge in [-0.1, -0.05) is 17.3 Å². The molecular weight excluding hydrogens is 450 g/mol. The maximum absolute atomic E-state index is 12.3. The zero-order chi connectivity index (χ0) is 25.9. The average molecular weight is 492 g/mol. The summed E-state index contributed by atoms with van der Waals surface area (Å²) in [5.74, 6) is -0.471. The van der Waals surface area contributed by atoms with Crippen molar-refractivity contribution in [2.75, 3.05) is 40.5 Å². The van der Waals surface area contributed by atoms with Gasteiger partial charge in [0.1, 0.15) is 6.61 Å². The molecule has 0 unspecified atom stereocenters. The van der Waals surface area contributed by atoms with E-state index in [0.717, 1.165) is 43.4 Å². The second kappa shape index (κ2) is 18.4. The summed E-state index contributed by atoms with van der Waals surface area (Å²) in [6, 6.07) is 6.84. The molecule has 0 saturated heterocycles. The molecule has 3 amide bonds. The first-order valence-corrected chi connectivity index (χ1v) is 12.2. The van der Waals surface area contributed by atoms with Crippen molar-refractivity contribution >= 4 is 23.4 Å². The summed E-state index contributed by atoms with van der Waals surface area (Å²) >= 11 is 0. The van der Waals surface area contributed by atoms with Crippen molar-refractivity contribution in [3.05, 3.63) is 35.4 Å². The van der Waals surface area contributed by atoms with Crippen molar-refractivity contribution in [1.82, 2.24) is 16.0 Å². The maximum Gasteiger partial charge on any atom is 0.251 e. The van der Waals surface area contributed by atoms with Crippen LogP contribution in [0.4, 0.5) is 0 Å². The summed E-state index contributed by atoms with van der Waals surface area (Å²) in [6.45, 7) is 4.05. The molecule has 0 heterocycles. The van der Waals surface area contributed by atoms with Gasteiger partial charge >= 0.3 is 0 Å². The molecule has 35 heavy (non-hydrogen) atoms. The number of amides is 3. The maximum atomic E-state index is 12.3. The van der Waals surface area contributed by atoms with Crippen molar-refractivity contribution < 1.29 is 24.0 Å². The number of nitrogens with one attached hydrogen (secondary N) is 3. The van der Waals surface area contributed by atoms with Crippen molar-refractivity contribution in [2.24, 2.45) is 10.9 Å². The summed E-state index contributed by atoms with van der Waals surface area (Å²) in [5.41, 5.74) is 7.45. The normalized spacial score (nSPS) is 12.1. The van der Waals surface area contributed by atoms with Crippen LogP contribution in [0.5, 0.6) is 0 Å². The number of rotatable bonds is 19. The van der Waals surface area contributed by atoms with Gasteiger partial charge in [-0.15, -0.1) is 0 Å². The van der Waals surface area contributed by atoms with Gasteiger partial charge in [0.05, 0.1) is 11.8 Å². The number of primary amides is 1. The van der Waals surface area contributed by atoms with Gasteiger partial charge < -0.3 is 31.3 Å². The number of likely N-dealkylation sites (N-methyl/N-ethyl adjacent to an activating group) is 1. The van der Waals surface area contributed by atoms with Gasteiger partial charge in [0.2, 0.25) is 11.8 Å². The number of nitrogens with two attached hydrogens (primary N) is 1. The molecule has 0 aromatic heterocycles. The summed E-state index contributed by atoms with van der Waals surface area (Å²) in [4.78, 5) is 40.5. The quantitative estimate of drug-likeness (QED) is 0.132. The number of ether oxygens (including phenoxy) is 1. The van der Waals surface area contributed by atoms with Gasteiger partial charge in [-0.2, -0.15) is 0 Å². The van der Waals surface area contributed by atoms with E-state index in [0.29, 0.717) is 44.7 Å². The lowest BCUT2D eigenvalue weighted by Crippen LogP contribution is -2.39. The summed E-state index contributed by atoms with van der Waals surface area (Å²) in [7, 11) is 3.33. The Hall–Kier alpha value is -2.98. The molecule has 1 atom stereocenters. The van der Waals surface area contributed by atoms with Crippen molar-refractivity contribution in [3.8, 4) is 0 Å². The monoisotopic (exact) mass is 491 g/mol. The van der Waals surface area contributed by atoms with Crippen LogP contribution in [0.3, 0.4) is 0 Å². The van der Waals surface area contributed by atoms with Crippen LogP contribution in [0.15, 0.2) is 29.4 Å². The highest BCUT2D eigenvalue weighted by Gasteiger charge is 2.12. The molecule has 0 fully saturated rings. The molecule has 0 aliphatic carbocycles. The minimum absolute atomic E-state index is 0.0387. The zero-order valence-electron chi connectivity index (χ0n) is 21.2. The molecular formula is C25H41N5O5. The SMILES string of the molecule is CN[C@@H](CCCCNC(=O)c1ccc(/C(C)=N\OCCCCNC(=O)CCCOC)cc1)C(N)=O. The van der Waals surface area contributed by atoms with Crippen LogP contribution < -0.4 is 21.7 Å². The van der Waals surface area contributed by atoms with E-state index >= 15 is 0 Å². The summed E-state index contributed by atoms with van der Waals surface area (Å²) in [6.07, 6.45) is 4.99. The van der Waals surface area contributed by atoms with Gasteiger partial charge in [0, 0.05) is 38.8 Å². The molecule has 196 valence electrons. The molecule has 0 radical (unpaired) electrons. The lowest BCUT2D eigenvalue weighted by Gasteiger charge is -2.12. The fourth-order valence-electron chi connectivity index (χ4n) is 3.25. The van der Waals surface area contributed by atoms with Crippen molar-refractivity contribution in [1.29, 1.82) is 0 Å². The number of oxime groups is 1. The second-order valence-electron chi connectivity index (χ2n) is 8.24. The lowest BCUT2D eigenvalue weighted by atomic mass is 10.1. The minimum Gasteiger partial charge on any atom is -0.396 e. The third kappa shape index (κ3) is 13.5. The van der Waals surface area contributed by atoms with E-state index in [2.05, 4.69) is 21.1 Å². The summed E-state index contributed by atoms with van der Waals surface area (Å²) < 4.78 is 4.93. The van der Waals surface area contributed by atoms with Crippen LogP contribution >= 0.6 is 0 Å². The van der Waals surface area contributed by atoms with E-state index in [9.17, 15) is 14.4 Å². The number of hydrogen-bond acceptors (Lipinski definition) is 7. The molecule has 0 saturated carbocycles. The van der Waals surface area contributed by atoms with Crippen LogP contribution in [-0.2, 0) is 19.2 Å². The van der Waals surface area contributed by atoms with Gasteiger partial charge in [0.25, 0.3) is 5.91 Å². The molecule has 0 bridgehead atoms. The molecule has 10 heteroatoms. The smallest absolute Gasteiger partial charge is 0.251 e. The first-order valence-electron chi connectivity index (χ1n) is 12.2. The van der Waals surface area contributed by atoms with Crippen LogP contribution in [-0.4, -0.2) is 69.9 Å². The predicted octanol–water partition coefficient (Wildman–Crippen LogP) is 1.72. The van der Waals surface area contributed by atoms with E-state index < -0.39 is 0 Å². The zero-order valence-corrected chi connectivity index (χ0v) is 21.2. The first kappa shape index (κ1) is 30.1. The van der Waals surface area contributed by atoms with E-state index in [1.807, 2.05) is 19.1 Å². The van der Waals surface area contributed by atoms with Gasteiger partial charge in [-0.3, -0.25) is 14.4 Å². The topological polar surface area (TPSA) is 144 Å². The van der Waals surface area contributed by atoms with Crippen LogP contribution in [0.1, 0.15) is 67.8 Å². The number of carbonyl (C=O) groups is 3. The average Bonchev–Trinajstić information content (AvgIpc) is 2.85. The third-order valence-corrected chi connectivity index (χ3v) is 5.40. The van der Waals surface area contributed by atoms with Crippen LogP contribution in [0.25, 0.3) is 0 Å². The Morgan fingerprint density at radius 1 is 0.943 bits per heavy atom. The molecule has 10 nitrogen and oxygen atoms in total. The Labute approximate surface area is 208 Å². The number of benzene rings is 1. The highest BCUT2D eigenvalue weighted by Crippen LogP contribution is 2.07. The summed E-state index contributed by atoms with van der Waals surface area (Å²) in [5, 5.41) is 12.8. The molecule has 1 rings (SSSR count). The minimum atomic E-state index is -0.365. The first-order chi connectivity index (χ1) is 16.9. The Balaban J connectivity index is 2.24. The largest absolute Gasteiger partial charge is 0.396 e. The van der Waals surface area contributed by atoms with E-state index in [1.54, 1.807) is 26.3 Å². The number of hydrogen-bond donors (Lipinski definition) is 4. The molecule has 0 spiro atoms. The second-order valence-corrected chi connectivity index (χ2v) is 8.24. The van der Waals surface area contributed by atoms with Gasteiger partial charge in [0.15, 0.2) is 0 Å². The number of methoxy groups -OCH3 is 1. The van der Waals surface area contributed by atoms with E-state index in [4.69, 9.17) is 15.3 Å². The highest BCUT2D eigenvalue weighted by atomic mass is 16.6. The van der Waals surface area contributed by atoms with Crippen molar-refractivity contribution in [2.45, 2.75) is 57.9 Å². The molecule has 1 aromatic carbocycles. The molecule has 0 aliphatic rings. The number of unbranched alkanes of at least 4 members (excludes halogenated alkanes) is 2. The van der Waals surface area contributed by atoms with Crippen LogP contribution in [0, 0.1) is 0 Å². The van der Waals surface area contributed by atoms with E-state index in [1.165, 1.54) is 0 Å². The van der Waals surface area contributed by atoms with Gasteiger partial charge in [-0.25, -0.2) is 0 Å². The van der Waals surface area contributed by atoms with Crippen LogP contribution in [0.2, 0.25) is 0 Å². The number of nitrogens with zero attached hydrogens (tertiary/aromatic N) is 1. The standard InChI is InChI=1S/C25H41N5O5/c1-19(30-35-18-7-6-15-28-23(31)10-8-17-34-3)20-11-13-21(14-12-20)25(33)29-16-5-4-9-22(27-2)24(26)32/h11-14,22,27H,4-10,15-18H2,1-3H3,(H2,26,32)(H,28,31)(H,29,33)/b30-19-/t22-/m0/s1. The molecule has 1 aromatic rings. The predicted molar refractivity (Wildman–Crippen MR) is 136 cm³/mol. The van der Waals surface area contributed by atoms with Crippen molar-refractivity contribution in [3.63, 3.8) is 0 Å². The Kier molecular flexibility index (Phi) is 15.8. The number of carbonyl (C=O) groups excluding carboxylic acids is 3. The Morgan fingerprint density at radius 3 is 2.26 bits per heavy atom. The Bertz CT molecular complexity index is 798. The highest BCUT2D eigenvalue weighted by molar-refractivity contribution is 6.00. The third-order valence-electron chi connectivity index (χ3n) is 5.40. The fourth-order valence-corrected chi connectivity index (χ4v) is 3.25. The Morgan fingerprint density at radius 2 is 1.60 bits per heavy atom. The van der Waals surface area contributed by atoms with Gasteiger partial charge in [-0.05, 0) is 70.2 Å². The van der Waals surface area contributed by atoms with E-state index in [-0.39, 0.29) is 23.8 Å². The molecule has 5 N–H and O–H groups in total.